The van der Waals surface area contributed by atoms with Gasteiger partial charge in [0.15, 0.2) is 10.8 Å². The Hall–Kier alpha value is -2.64. The highest BCUT2D eigenvalue weighted by Crippen LogP contribution is 2.22. The van der Waals surface area contributed by atoms with Crippen molar-refractivity contribution in [3.05, 3.63) is 22.6 Å². The molecule has 3 amide bonds. The first-order chi connectivity index (χ1) is 14.4. The summed E-state index contributed by atoms with van der Waals surface area (Å²) in [6, 6.07) is -0.856. The molecule has 1 aromatic rings. The van der Waals surface area contributed by atoms with Crippen molar-refractivity contribution in [3.63, 3.8) is 0 Å². The summed E-state index contributed by atoms with van der Waals surface area (Å²) in [5.41, 5.74) is -0.0268. The molecule has 1 saturated heterocycles. The number of nitrogens with zero attached hydrogens (tertiary/aromatic N) is 2. The number of anilines is 1. The Morgan fingerprint density at radius 2 is 2.23 bits per heavy atom. The Kier molecular flexibility index (Phi) is 9.08. The molecule has 1 fully saturated rings. The average Bonchev–Trinajstić information content (AvgIpc) is 3.17. The molecule has 2 atom stereocenters. The molecule has 1 aromatic heterocycles. The van der Waals surface area contributed by atoms with Crippen molar-refractivity contribution in [1.82, 2.24) is 15.6 Å². The van der Waals surface area contributed by atoms with Crippen molar-refractivity contribution in [2.75, 3.05) is 24.9 Å². The first-order valence-electron chi connectivity index (χ1n) is 8.42. The van der Waals surface area contributed by atoms with Crippen LogP contribution in [0.25, 0.3) is 0 Å². The third-order valence-electron chi connectivity index (χ3n) is 3.38. The summed E-state index contributed by atoms with van der Waals surface area (Å²) in [7, 11) is 1.25. The number of thioether (sulfide) groups is 1. The summed E-state index contributed by atoms with van der Waals surface area (Å²) >= 11 is 7.63. The quantitative estimate of drug-likeness (QED) is 0.110. The highest BCUT2D eigenvalue weighted by molar-refractivity contribution is 8.02. The maximum Gasteiger partial charge on any atom is 0.331 e. The maximum atomic E-state index is 12.6. The van der Waals surface area contributed by atoms with E-state index in [0.717, 1.165) is 23.1 Å². The molecule has 0 spiro atoms. The predicted molar refractivity (Wildman–Crippen MR) is 112 cm³/mol. The normalized spacial score (nSPS) is 18.4. The number of rotatable bonds is 10. The molecule has 2 rings (SSSR count). The topological polar surface area (TPSA) is 148 Å². The van der Waals surface area contributed by atoms with E-state index in [0.29, 0.717) is 0 Å². The zero-order valence-corrected chi connectivity index (χ0v) is 18.2. The smallest absolute Gasteiger partial charge is 0.331 e. The molecule has 162 valence electrons. The standard InChI is InChI=1S/C16H18ClN5O6S2/c1-3-28-10(24)4-5-29-15-12(14(26)21-15)20-13(25)11(22-27-2)8-7-30-16(18-8)19-9(23)6-17/h4-5,7,12,15H,3,6H2,1-2H3,(H,20,25)(H,21,26)(H,18,19,23)/t12-,15+/m1/s1. The molecule has 0 bridgehead atoms. The minimum absolute atomic E-state index is 0.148. The first kappa shape index (κ1) is 23.6. The fourth-order valence-corrected chi connectivity index (χ4v) is 3.75. The lowest BCUT2D eigenvalue weighted by molar-refractivity contribution is -0.137. The zero-order chi connectivity index (χ0) is 22.1. The number of ether oxygens (including phenoxy) is 1. The van der Waals surface area contributed by atoms with Crippen molar-refractivity contribution in [1.29, 1.82) is 0 Å². The van der Waals surface area contributed by atoms with Gasteiger partial charge in [-0.2, -0.15) is 0 Å². The van der Waals surface area contributed by atoms with E-state index < -0.39 is 35.1 Å². The Bertz CT molecular complexity index is 874. The average molecular weight is 476 g/mol. The molecular weight excluding hydrogens is 458 g/mol. The molecule has 0 aliphatic carbocycles. The number of esters is 1. The van der Waals surface area contributed by atoms with E-state index in [1.165, 1.54) is 24.0 Å². The van der Waals surface area contributed by atoms with Gasteiger partial charge in [0.25, 0.3) is 5.91 Å². The number of aromatic nitrogens is 1. The number of oxime groups is 1. The molecule has 0 radical (unpaired) electrons. The van der Waals surface area contributed by atoms with Gasteiger partial charge in [-0.3, -0.25) is 14.4 Å². The Morgan fingerprint density at radius 3 is 2.87 bits per heavy atom. The number of amides is 3. The van der Waals surface area contributed by atoms with Crippen molar-refractivity contribution in [2.45, 2.75) is 18.3 Å². The number of thiazole rings is 1. The summed E-state index contributed by atoms with van der Waals surface area (Å²) in [6.07, 6.45) is 1.22. The number of nitrogens with one attached hydrogen (secondary N) is 3. The van der Waals surface area contributed by atoms with Crippen LogP contribution in [0.5, 0.6) is 0 Å². The highest BCUT2D eigenvalue weighted by Gasteiger charge is 2.41. The van der Waals surface area contributed by atoms with Gasteiger partial charge in [-0.25, -0.2) is 9.78 Å². The van der Waals surface area contributed by atoms with Crippen LogP contribution in [0.4, 0.5) is 5.13 Å². The summed E-state index contributed by atoms with van der Waals surface area (Å²) in [6.45, 7) is 1.94. The lowest BCUT2D eigenvalue weighted by Gasteiger charge is -2.35. The van der Waals surface area contributed by atoms with E-state index >= 15 is 0 Å². The van der Waals surface area contributed by atoms with Crippen LogP contribution in [0.1, 0.15) is 12.6 Å². The first-order valence-corrected chi connectivity index (χ1v) is 10.8. The van der Waals surface area contributed by atoms with Gasteiger partial charge >= 0.3 is 5.97 Å². The zero-order valence-electron chi connectivity index (χ0n) is 15.8. The number of alkyl halides is 1. The maximum absolute atomic E-state index is 12.6. The van der Waals surface area contributed by atoms with E-state index in [2.05, 4.69) is 26.1 Å². The number of halogens is 1. The van der Waals surface area contributed by atoms with Crippen molar-refractivity contribution in [2.24, 2.45) is 5.16 Å². The summed E-state index contributed by atoms with van der Waals surface area (Å²) in [5.74, 6) is -2.29. The number of carbonyl (C=O) groups excluding carboxylic acids is 4. The van der Waals surface area contributed by atoms with Gasteiger partial charge in [0.2, 0.25) is 11.8 Å². The number of hydrogen-bond acceptors (Lipinski definition) is 10. The summed E-state index contributed by atoms with van der Waals surface area (Å²) in [4.78, 5) is 56.0. The molecule has 0 saturated carbocycles. The third-order valence-corrected chi connectivity index (χ3v) is 5.36. The van der Waals surface area contributed by atoms with E-state index in [1.54, 1.807) is 6.92 Å². The lowest BCUT2D eigenvalue weighted by Crippen LogP contribution is -2.68. The van der Waals surface area contributed by atoms with Crippen LogP contribution in [0.15, 0.2) is 22.0 Å². The number of hydrogen-bond donors (Lipinski definition) is 3. The number of carbonyl (C=O) groups is 4. The molecule has 11 nitrogen and oxygen atoms in total. The van der Waals surface area contributed by atoms with Crippen LogP contribution in [0.3, 0.4) is 0 Å². The minimum atomic E-state index is -0.856. The second kappa shape index (κ2) is 11.5. The van der Waals surface area contributed by atoms with Gasteiger partial charge in [0.05, 0.1) is 6.61 Å². The Balaban J connectivity index is 2.02. The summed E-state index contributed by atoms with van der Waals surface area (Å²) < 4.78 is 4.76. The Morgan fingerprint density at radius 1 is 1.47 bits per heavy atom. The third kappa shape index (κ3) is 6.43. The monoisotopic (exact) mass is 475 g/mol. The number of β-lactam (4-membered cyclic amide) rings is 1. The van der Waals surface area contributed by atoms with Crippen LogP contribution in [0.2, 0.25) is 0 Å². The van der Waals surface area contributed by atoms with Crippen LogP contribution >= 0.6 is 34.7 Å². The second-order valence-electron chi connectivity index (χ2n) is 5.41. The van der Waals surface area contributed by atoms with Crippen LogP contribution in [-0.4, -0.2) is 65.4 Å². The SMILES string of the molecule is CCOC(=O)C=CS[C@@H]1NC(=O)[C@H]1NC(=O)C(=NOC)c1csc(NC(=O)CCl)n1. The molecular formula is C16H18ClN5O6S2. The van der Waals surface area contributed by atoms with Crippen LogP contribution in [0, 0.1) is 0 Å². The van der Waals surface area contributed by atoms with Crippen molar-refractivity contribution < 1.29 is 28.8 Å². The molecule has 1 aliphatic heterocycles. The largest absolute Gasteiger partial charge is 0.463 e. The van der Waals surface area contributed by atoms with Gasteiger partial charge in [-0.15, -0.1) is 34.7 Å². The highest BCUT2D eigenvalue weighted by atomic mass is 35.5. The second-order valence-corrected chi connectivity index (χ2v) is 7.59. The molecule has 30 heavy (non-hydrogen) atoms. The molecule has 0 unspecified atom stereocenters. The van der Waals surface area contributed by atoms with Gasteiger partial charge in [-0.1, -0.05) is 5.16 Å². The summed E-state index contributed by atoms with van der Waals surface area (Å²) in [5, 5.41) is 14.0. The van der Waals surface area contributed by atoms with E-state index in [4.69, 9.17) is 21.2 Å². The predicted octanol–water partition coefficient (Wildman–Crippen LogP) is 0.422. The fourth-order valence-electron chi connectivity index (χ4n) is 2.08. The van der Waals surface area contributed by atoms with Gasteiger partial charge in [0, 0.05) is 11.5 Å². The van der Waals surface area contributed by atoms with Gasteiger partial charge in [-0.05, 0) is 12.3 Å². The molecule has 3 N–H and O–H groups in total. The van der Waals surface area contributed by atoms with E-state index in [-0.39, 0.29) is 29.0 Å². The fraction of sp³-hybridized carbons (Fsp3) is 0.375. The molecule has 1 aliphatic rings. The van der Waals surface area contributed by atoms with Crippen LogP contribution in [-0.2, 0) is 28.8 Å². The van der Waals surface area contributed by atoms with Crippen molar-refractivity contribution in [3.8, 4) is 0 Å². The van der Waals surface area contributed by atoms with Gasteiger partial charge in [0.1, 0.15) is 30.1 Å². The molecule has 14 heteroatoms. The Labute approximate surface area is 184 Å². The lowest BCUT2D eigenvalue weighted by atomic mass is 10.1. The molecule has 2 heterocycles. The van der Waals surface area contributed by atoms with Crippen molar-refractivity contribution >= 4 is 69.2 Å². The van der Waals surface area contributed by atoms with Gasteiger partial charge < -0.3 is 25.5 Å². The van der Waals surface area contributed by atoms with E-state index in [1.807, 2.05) is 0 Å². The van der Waals surface area contributed by atoms with E-state index in [9.17, 15) is 19.2 Å². The molecule has 0 aromatic carbocycles. The van der Waals surface area contributed by atoms with Crippen LogP contribution < -0.4 is 16.0 Å². The minimum Gasteiger partial charge on any atom is -0.463 e.